The van der Waals surface area contributed by atoms with Gasteiger partial charge in [-0.1, -0.05) is 18.2 Å². The van der Waals surface area contributed by atoms with Crippen LogP contribution in [-0.4, -0.2) is 44.9 Å². The molecule has 1 heterocycles. The lowest BCUT2D eigenvalue weighted by Crippen LogP contribution is -2.39. The molecule has 2 aromatic carbocycles. The molecule has 6 heteroatoms. The molecule has 144 valence electrons. The van der Waals surface area contributed by atoms with E-state index in [0.717, 1.165) is 43.3 Å². The molecule has 0 radical (unpaired) electrons. The lowest BCUT2D eigenvalue weighted by molar-refractivity contribution is 0.357. The third kappa shape index (κ3) is 5.06. The third-order valence-electron chi connectivity index (χ3n) is 4.66. The third-order valence-corrected chi connectivity index (χ3v) is 4.66. The van der Waals surface area contributed by atoms with Gasteiger partial charge in [-0.05, 0) is 41.7 Å². The van der Waals surface area contributed by atoms with Crippen LogP contribution < -0.4 is 20.1 Å². The molecule has 27 heavy (non-hydrogen) atoms. The predicted octanol–water partition coefficient (Wildman–Crippen LogP) is 2.29. The molecule has 6 nitrogen and oxygen atoms in total. The number of methoxy groups -OCH3 is 1. The first-order valence-corrected chi connectivity index (χ1v) is 9.24. The lowest BCUT2D eigenvalue weighted by Gasteiger charge is -2.13. The van der Waals surface area contributed by atoms with Gasteiger partial charge >= 0.3 is 0 Å². The van der Waals surface area contributed by atoms with Crippen molar-refractivity contribution in [1.82, 2.24) is 10.6 Å². The number of nitrogens with one attached hydrogen (secondary N) is 2. The average molecular weight is 369 g/mol. The lowest BCUT2D eigenvalue weighted by atomic mass is 10.1. The molecule has 1 aliphatic rings. The number of ether oxygens (including phenoxy) is 2. The molecule has 0 saturated carbocycles. The number of nitrogens with zero attached hydrogens (tertiary/aromatic N) is 1. The molecule has 0 bridgehead atoms. The number of hydrogen-bond donors (Lipinski definition) is 3. The summed E-state index contributed by atoms with van der Waals surface area (Å²) in [6.45, 7) is 2.26. The van der Waals surface area contributed by atoms with Crippen LogP contribution in [0.3, 0.4) is 0 Å². The van der Waals surface area contributed by atoms with Crippen LogP contribution in [0.25, 0.3) is 0 Å². The Labute approximate surface area is 160 Å². The fourth-order valence-corrected chi connectivity index (χ4v) is 3.14. The van der Waals surface area contributed by atoms with E-state index < -0.39 is 0 Å². The molecule has 0 saturated heterocycles. The van der Waals surface area contributed by atoms with Crippen molar-refractivity contribution in [3.63, 3.8) is 0 Å². The summed E-state index contributed by atoms with van der Waals surface area (Å²) in [6.07, 6.45) is 2.62. The van der Waals surface area contributed by atoms with Crippen LogP contribution in [0.1, 0.15) is 16.7 Å². The maximum atomic E-state index is 10.0. The zero-order valence-corrected chi connectivity index (χ0v) is 15.9. The van der Waals surface area contributed by atoms with Crippen molar-refractivity contribution in [2.24, 2.45) is 4.99 Å². The van der Waals surface area contributed by atoms with Crippen LogP contribution in [-0.2, 0) is 19.3 Å². The molecule has 1 aliphatic heterocycles. The predicted molar refractivity (Wildman–Crippen MR) is 107 cm³/mol. The molecular formula is C21H27N3O3. The highest BCUT2D eigenvalue weighted by atomic mass is 16.5. The molecule has 0 fully saturated rings. The van der Waals surface area contributed by atoms with Crippen molar-refractivity contribution in [2.45, 2.75) is 19.3 Å². The number of phenols is 1. The monoisotopic (exact) mass is 369 g/mol. The fourth-order valence-electron chi connectivity index (χ4n) is 3.14. The Bertz CT molecular complexity index is 805. The summed E-state index contributed by atoms with van der Waals surface area (Å²) in [5.74, 6) is 2.68. The van der Waals surface area contributed by atoms with Gasteiger partial charge in [-0.25, -0.2) is 0 Å². The molecule has 3 N–H and O–H groups in total. The van der Waals surface area contributed by atoms with E-state index in [1.165, 1.54) is 11.1 Å². The second kappa shape index (κ2) is 9.16. The molecular weight excluding hydrogens is 342 g/mol. The normalized spacial score (nSPS) is 13.0. The molecule has 0 amide bonds. The van der Waals surface area contributed by atoms with Crippen molar-refractivity contribution in [1.29, 1.82) is 0 Å². The van der Waals surface area contributed by atoms with Crippen LogP contribution in [0.2, 0.25) is 0 Å². The van der Waals surface area contributed by atoms with Crippen molar-refractivity contribution in [3.05, 3.63) is 53.1 Å². The van der Waals surface area contributed by atoms with Crippen molar-refractivity contribution < 1.29 is 14.6 Å². The van der Waals surface area contributed by atoms with Gasteiger partial charge in [-0.15, -0.1) is 0 Å². The van der Waals surface area contributed by atoms with Crippen LogP contribution >= 0.6 is 0 Å². The minimum atomic E-state index is 0.250. The SMILES string of the molecule is CN=C(NCCc1ccc2c(c1)CCO2)NCCc1ccc(OC)cc1O. The number of guanidine groups is 1. The zero-order valence-electron chi connectivity index (χ0n) is 15.9. The van der Waals surface area contributed by atoms with E-state index in [-0.39, 0.29) is 5.75 Å². The van der Waals surface area contributed by atoms with Gasteiger partial charge in [-0.2, -0.15) is 0 Å². The van der Waals surface area contributed by atoms with E-state index in [1.54, 1.807) is 20.2 Å². The molecule has 0 aromatic heterocycles. The maximum Gasteiger partial charge on any atom is 0.190 e. The molecule has 0 atom stereocenters. The van der Waals surface area contributed by atoms with Crippen molar-refractivity contribution in [3.8, 4) is 17.2 Å². The minimum Gasteiger partial charge on any atom is -0.508 e. The first kappa shape index (κ1) is 18.9. The van der Waals surface area contributed by atoms with Gasteiger partial charge < -0.3 is 25.2 Å². The smallest absolute Gasteiger partial charge is 0.190 e. The number of aliphatic imine (C=N–C) groups is 1. The van der Waals surface area contributed by atoms with Crippen LogP contribution in [0.4, 0.5) is 0 Å². The Balaban J connectivity index is 1.42. The largest absolute Gasteiger partial charge is 0.508 e. The Hall–Kier alpha value is -2.89. The van der Waals surface area contributed by atoms with E-state index in [9.17, 15) is 5.11 Å². The van der Waals surface area contributed by atoms with Crippen LogP contribution in [0, 0.1) is 0 Å². The summed E-state index contributed by atoms with van der Waals surface area (Å²) in [7, 11) is 3.34. The van der Waals surface area contributed by atoms with Crippen molar-refractivity contribution >= 4 is 5.96 Å². The Kier molecular flexibility index (Phi) is 6.41. The molecule has 0 aliphatic carbocycles. The van der Waals surface area contributed by atoms with Gasteiger partial charge in [-0.3, -0.25) is 4.99 Å². The first-order valence-electron chi connectivity index (χ1n) is 9.24. The van der Waals surface area contributed by atoms with Gasteiger partial charge in [0.15, 0.2) is 5.96 Å². The fraction of sp³-hybridized carbons (Fsp3) is 0.381. The summed E-state index contributed by atoms with van der Waals surface area (Å²) >= 11 is 0. The topological polar surface area (TPSA) is 75.1 Å². The summed E-state index contributed by atoms with van der Waals surface area (Å²) < 4.78 is 10.6. The van der Waals surface area contributed by atoms with Gasteiger partial charge in [0.1, 0.15) is 17.2 Å². The summed E-state index contributed by atoms with van der Waals surface area (Å²) in [6, 6.07) is 11.8. The number of rotatable bonds is 7. The van der Waals surface area contributed by atoms with E-state index in [2.05, 4.69) is 33.8 Å². The second-order valence-corrected chi connectivity index (χ2v) is 6.46. The quantitative estimate of drug-likeness (QED) is 0.516. The summed E-state index contributed by atoms with van der Waals surface area (Å²) in [4.78, 5) is 4.25. The number of hydrogen-bond acceptors (Lipinski definition) is 4. The Morgan fingerprint density at radius 3 is 2.70 bits per heavy atom. The van der Waals surface area contributed by atoms with Gasteiger partial charge in [0, 0.05) is 32.6 Å². The molecule has 0 spiro atoms. The number of phenolic OH excluding ortho intramolecular Hbond substituents is 1. The molecule has 2 aromatic rings. The second-order valence-electron chi connectivity index (χ2n) is 6.46. The van der Waals surface area contributed by atoms with Crippen molar-refractivity contribution in [2.75, 3.05) is 33.9 Å². The van der Waals surface area contributed by atoms with Gasteiger partial charge in [0.2, 0.25) is 0 Å². The van der Waals surface area contributed by atoms with Crippen LogP contribution in [0.5, 0.6) is 17.2 Å². The Morgan fingerprint density at radius 2 is 1.96 bits per heavy atom. The number of benzene rings is 2. The highest BCUT2D eigenvalue weighted by Crippen LogP contribution is 2.26. The molecule has 0 unspecified atom stereocenters. The standard InChI is InChI=1S/C21H27N3O3/c1-22-21(24-11-8-16-4-5-18(26-2)14-19(16)25)23-10-7-15-3-6-20-17(13-15)9-12-27-20/h3-6,13-14,25H,7-12H2,1-2H3,(H2,22,23,24). The number of aromatic hydroxyl groups is 1. The highest BCUT2D eigenvalue weighted by Gasteiger charge is 2.11. The van der Waals surface area contributed by atoms with Crippen LogP contribution in [0.15, 0.2) is 41.4 Å². The Morgan fingerprint density at radius 1 is 1.15 bits per heavy atom. The van der Waals surface area contributed by atoms with E-state index in [0.29, 0.717) is 18.7 Å². The van der Waals surface area contributed by atoms with E-state index in [4.69, 9.17) is 9.47 Å². The maximum absolute atomic E-state index is 10.0. The minimum absolute atomic E-state index is 0.250. The van der Waals surface area contributed by atoms with Gasteiger partial charge in [0.25, 0.3) is 0 Å². The molecule has 3 rings (SSSR count). The van der Waals surface area contributed by atoms with E-state index in [1.807, 2.05) is 12.1 Å². The zero-order chi connectivity index (χ0) is 19.1. The summed E-state index contributed by atoms with van der Waals surface area (Å²) in [5.41, 5.74) is 3.47. The summed E-state index contributed by atoms with van der Waals surface area (Å²) in [5, 5.41) is 16.6. The van der Waals surface area contributed by atoms with Gasteiger partial charge in [0.05, 0.1) is 13.7 Å². The van der Waals surface area contributed by atoms with E-state index >= 15 is 0 Å². The first-order chi connectivity index (χ1) is 13.2. The highest BCUT2D eigenvalue weighted by molar-refractivity contribution is 5.79. The number of fused-ring (bicyclic) bond motifs is 1. The average Bonchev–Trinajstić information content (AvgIpc) is 3.15.